The van der Waals surface area contributed by atoms with Crippen LogP contribution in [0.25, 0.3) is 0 Å². The molecule has 1 atom stereocenters. The first-order valence-electron chi connectivity index (χ1n) is 6.22. The van der Waals surface area contributed by atoms with Gasteiger partial charge in [0.05, 0.1) is 17.7 Å². The van der Waals surface area contributed by atoms with E-state index in [1.807, 2.05) is 13.8 Å². The highest BCUT2D eigenvalue weighted by Gasteiger charge is 2.17. The lowest BCUT2D eigenvalue weighted by molar-refractivity contribution is -0.114. The van der Waals surface area contributed by atoms with E-state index in [9.17, 15) is 9.59 Å². The summed E-state index contributed by atoms with van der Waals surface area (Å²) in [6.45, 7) is 5.55. The summed E-state index contributed by atoms with van der Waals surface area (Å²) in [7, 11) is 0. The molecule has 104 valence electrons. The summed E-state index contributed by atoms with van der Waals surface area (Å²) in [5, 5.41) is 2.12. The first-order valence-corrected chi connectivity index (χ1v) is 6.65. The minimum Gasteiger partial charge on any atom is -0.492 e. The molecule has 1 aromatic rings. The van der Waals surface area contributed by atoms with E-state index >= 15 is 0 Å². The number of halogens is 1. The fourth-order valence-corrected chi connectivity index (χ4v) is 1.74. The third-order valence-corrected chi connectivity index (χ3v) is 3.03. The van der Waals surface area contributed by atoms with Crippen molar-refractivity contribution in [3.8, 4) is 5.75 Å². The molecular formula is C14H18ClNO3. The maximum absolute atomic E-state index is 12.0. The summed E-state index contributed by atoms with van der Waals surface area (Å²) in [5.74, 6) is 0.145. The van der Waals surface area contributed by atoms with E-state index in [0.717, 1.165) is 0 Å². The Morgan fingerprint density at radius 1 is 1.37 bits per heavy atom. The van der Waals surface area contributed by atoms with Crippen LogP contribution in [0.2, 0.25) is 0 Å². The number of benzene rings is 1. The molecule has 0 saturated heterocycles. The lowest BCUT2D eigenvalue weighted by atomic mass is 10.1. The van der Waals surface area contributed by atoms with Gasteiger partial charge in [0.15, 0.2) is 5.78 Å². The van der Waals surface area contributed by atoms with Gasteiger partial charge in [-0.25, -0.2) is 0 Å². The summed E-state index contributed by atoms with van der Waals surface area (Å²) in [5.41, 5.74) is 1.04. The van der Waals surface area contributed by atoms with Crippen LogP contribution in [-0.4, -0.2) is 23.7 Å². The molecular weight excluding hydrogens is 266 g/mol. The van der Waals surface area contributed by atoms with Crippen LogP contribution < -0.4 is 10.1 Å². The molecule has 19 heavy (non-hydrogen) atoms. The minimum atomic E-state index is -0.541. The number of carbonyl (C=O) groups is 2. The van der Waals surface area contributed by atoms with Gasteiger partial charge in [-0.3, -0.25) is 9.59 Å². The van der Waals surface area contributed by atoms with Crippen molar-refractivity contribution >= 4 is 29.0 Å². The summed E-state index contributed by atoms with van der Waals surface area (Å²) in [4.78, 5) is 23.1. The highest BCUT2D eigenvalue weighted by atomic mass is 35.5. The predicted molar refractivity (Wildman–Crippen MR) is 76.2 cm³/mol. The van der Waals surface area contributed by atoms with Crippen LogP contribution in [0.1, 0.15) is 37.6 Å². The summed E-state index contributed by atoms with van der Waals surface area (Å²) in [6.07, 6.45) is 0.567. The molecule has 0 aromatic heterocycles. The monoisotopic (exact) mass is 283 g/mol. The van der Waals surface area contributed by atoms with Crippen LogP contribution in [0.15, 0.2) is 18.2 Å². The number of hydrogen-bond donors (Lipinski definition) is 1. The largest absolute Gasteiger partial charge is 0.492 e. The number of alkyl halides is 1. The Morgan fingerprint density at radius 3 is 2.58 bits per heavy atom. The zero-order valence-electron chi connectivity index (χ0n) is 11.3. The average Bonchev–Trinajstić information content (AvgIpc) is 2.38. The number of hydrogen-bond acceptors (Lipinski definition) is 3. The van der Waals surface area contributed by atoms with Crippen LogP contribution in [0.4, 0.5) is 5.69 Å². The summed E-state index contributed by atoms with van der Waals surface area (Å²) >= 11 is 5.94. The third kappa shape index (κ3) is 4.24. The molecule has 1 unspecified atom stereocenters. The van der Waals surface area contributed by atoms with E-state index in [1.54, 1.807) is 18.2 Å². The maximum Gasteiger partial charge on any atom is 0.221 e. The van der Waals surface area contributed by atoms with Crippen molar-refractivity contribution in [2.24, 2.45) is 0 Å². The Bertz CT molecular complexity index is 474. The molecule has 4 nitrogen and oxygen atoms in total. The molecule has 0 aliphatic carbocycles. The smallest absolute Gasteiger partial charge is 0.221 e. The molecule has 5 heteroatoms. The number of carbonyl (C=O) groups excluding carboxylic acids is 2. The minimum absolute atomic E-state index is 0.139. The van der Waals surface area contributed by atoms with E-state index in [2.05, 4.69) is 5.32 Å². The van der Waals surface area contributed by atoms with Crippen molar-refractivity contribution in [3.05, 3.63) is 23.8 Å². The maximum atomic E-state index is 12.0. The summed E-state index contributed by atoms with van der Waals surface area (Å²) in [6, 6.07) is 4.90. The van der Waals surface area contributed by atoms with Crippen LogP contribution in [0, 0.1) is 0 Å². The number of amides is 1. The number of ketones is 1. The second kappa shape index (κ2) is 7.14. The van der Waals surface area contributed by atoms with E-state index in [4.69, 9.17) is 16.3 Å². The number of nitrogens with one attached hydrogen (secondary N) is 1. The van der Waals surface area contributed by atoms with E-state index in [0.29, 0.717) is 30.0 Å². The zero-order valence-corrected chi connectivity index (χ0v) is 12.1. The number of anilines is 1. The fourth-order valence-electron chi connectivity index (χ4n) is 1.61. The molecule has 0 bridgehead atoms. The van der Waals surface area contributed by atoms with Crippen molar-refractivity contribution in [1.29, 1.82) is 0 Å². The Balaban J connectivity index is 3.07. The first-order chi connectivity index (χ1) is 8.99. The van der Waals surface area contributed by atoms with Gasteiger partial charge < -0.3 is 10.1 Å². The predicted octanol–water partition coefficient (Wildman–Crippen LogP) is 3.24. The molecule has 1 N–H and O–H groups in total. The molecule has 1 aromatic carbocycles. The molecule has 1 amide bonds. The molecule has 0 spiro atoms. The Morgan fingerprint density at radius 2 is 2.05 bits per heavy atom. The molecule has 0 heterocycles. The lowest BCUT2D eigenvalue weighted by Crippen LogP contribution is -2.14. The Kier molecular flexibility index (Phi) is 5.83. The van der Waals surface area contributed by atoms with Crippen molar-refractivity contribution in [1.82, 2.24) is 0 Å². The second-order valence-electron chi connectivity index (χ2n) is 4.07. The molecule has 0 radical (unpaired) electrons. The quantitative estimate of drug-likeness (QED) is 0.644. The van der Waals surface area contributed by atoms with Crippen molar-refractivity contribution in [3.63, 3.8) is 0 Å². The average molecular weight is 284 g/mol. The van der Waals surface area contributed by atoms with Crippen LogP contribution >= 0.6 is 11.6 Å². The highest BCUT2D eigenvalue weighted by Crippen LogP contribution is 2.27. The molecule has 1 rings (SSSR count). The molecule has 0 saturated carbocycles. The van der Waals surface area contributed by atoms with Crippen molar-refractivity contribution in [2.75, 3.05) is 11.9 Å². The van der Waals surface area contributed by atoms with E-state index in [-0.39, 0.29) is 11.7 Å². The summed E-state index contributed by atoms with van der Waals surface area (Å²) < 4.78 is 5.43. The van der Waals surface area contributed by atoms with Gasteiger partial charge in [0, 0.05) is 12.5 Å². The molecule has 0 aliphatic heterocycles. The number of Topliss-reactive ketones (excluding diaryl/α,β-unsaturated/α-hetero) is 1. The fraction of sp³-hybridized carbons (Fsp3) is 0.429. The second-order valence-corrected chi connectivity index (χ2v) is 4.59. The Hall–Kier alpha value is -1.55. The Labute approximate surface area is 118 Å². The SMILES string of the molecule is CCOc1cc(C(=O)C(Cl)CC)ccc1NC(C)=O. The van der Waals surface area contributed by atoms with Gasteiger partial charge in [0.2, 0.25) is 5.91 Å². The standard InChI is InChI=1S/C14H18ClNO3/c1-4-11(15)14(18)10-6-7-12(16-9(3)17)13(8-10)19-5-2/h6-8,11H,4-5H2,1-3H3,(H,16,17). The van der Waals surface area contributed by atoms with Crippen LogP contribution in [0.5, 0.6) is 5.75 Å². The number of rotatable bonds is 6. The topological polar surface area (TPSA) is 55.4 Å². The molecule has 0 aliphatic rings. The zero-order chi connectivity index (χ0) is 14.4. The third-order valence-electron chi connectivity index (χ3n) is 2.52. The van der Waals surface area contributed by atoms with Gasteiger partial charge in [-0.05, 0) is 31.5 Å². The van der Waals surface area contributed by atoms with Gasteiger partial charge in [0.1, 0.15) is 5.75 Å². The van der Waals surface area contributed by atoms with E-state index in [1.165, 1.54) is 6.92 Å². The van der Waals surface area contributed by atoms with Crippen molar-refractivity contribution in [2.45, 2.75) is 32.6 Å². The first kappa shape index (κ1) is 15.5. The number of ether oxygens (including phenoxy) is 1. The van der Waals surface area contributed by atoms with Gasteiger partial charge >= 0.3 is 0 Å². The normalized spacial score (nSPS) is 11.8. The van der Waals surface area contributed by atoms with Gasteiger partial charge in [-0.15, -0.1) is 11.6 Å². The van der Waals surface area contributed by atoms with Gasteiger partial charge in [-0.2, -0.15) is 0 Å². The van der Waals surface area contributed by atoms with E-state index < -0.39 is 5.38 Å². The van der Waals surface area contributed by atoms with Crippen molar-refractivity contribution < 1.29 is 14.3 Å². The van der Waals surface area contributed by atoms with Crippen LogP contribution in [-0.2, 0) is 4.79 Å². The highest BCUT2D eigenvalue weighted by molar-refractivity contribution is 6.33. The van der Waals surface area contributed by atoms with Crippen LogP contribution in [0.3, 0.4) is 0 Å². The molecule has 0 fully saturated rings. The lowest BCUT2D eigenvalue weighted by Gasteiger charge is -2.13. The van der Waals surface area contributed by atoms with Gasteiger partial charge in [-0.1, -0.05) is 6.92 Å². The van der Waals surface area contributed by atoms with Gasteiger partial charge in [0.25, 0.3) is 0 Å².